The van der Waals surface area contributed by atoms with Gasteiger partial charge in [-0.2, -0.15) is 0 Å². The second-order valence-corrected chi connectivity index (χ2v) is 10.1. The molecule has 1 N–H and O–H groups in total. The quantitative estimate of drug-likeness (QED) is 0.562. The Morgan fingerprint density at radius 1 is 1.13 bits per heavy atom. The van der Waals surface area contributed by atoms with Gasteiger partial charge in [-0.15, -0.1) is 0 Å². The largest absolute Gasteiger partial charge is 0.355 e. The van der Waals surface area contributed by atoms with Crippen LogP contribution < -0.4 is 9.62 Å². The van der Waals surface area contributed by atoms with Crippen LogP contribution in [-0.4, -0.2) is 50.5 Å². The van der Waals surface area contributed by atoms with Gasteiger partial charge in [-0.25, -0.2) is 8.42 Å². The van der Waals surface area contributed by atoms with Crippen LogP contribution in [0.15, 0.2) is 53.0 Å². The SMILES string of the molecule is CCNC(=O)C(C)N(Cc1ccccc1C)C(=O)CN(c1cccc(Br)c1)S(C)(=O)=O. The number of sulfonamides is 1. The summed E-state index contributed by atoms with van der Waals surface area (Å²) in [6.07, 6.45) is 1.06. The fourth-order valence-corrected chi connectivity index (χ4v) is 4.35. The highest BCUT2D eigenvalue weighted by Crippen LogP contribution is 2.23. The molecule has 2 amide bonds. The predicted molar refractivity (Wildman–Crippen MR) is 126 cm³/mol. The summed E-state index contributed by atoms with van der Waals surface area (Å²) in [5.74, 6) is -0.759. The topological polar surface area (TPSA) is 86.8 Å². The lowest BCUT2D eigenvalue weighted by molar-refractivity contribution is -0.139. The number of amides is 2. The van der Waals surface area contributed by atoms with E-state index in [0.717, 1.165) is 21.7 Å². The van der Waals surface area contributed by atoms with Crippen LogP contribution in [0.4, 0.5) is 5.69 Å². The molecule has 2 aromatic rings. The van der Waals surface area contributed by atoms with Gasteiger partial charge in [-0.05, 0) is 50.1 Å². The average Bonchev–Trinajstić information content (AvgIpc) is 2.70. The van der Waals surface area contributed by atoms with E-state index < -0.39 is 28.5 Å². The third kappa shape index (κ3) is 6.80. The van der Waals surface area contributed by atoms with E-state index in [0.29, 0.717) is 16.7 Å². The molecule has 31 heavy (non-hydrogen) atoms. The Hall–Kier alpha value is -2.39. The van der Waals surface area contributed by atoms with Gasteiger partial charge in [0.05, 0.1) is 11.9 Å². The molecule has 0 saturated carbocycles. The third-order valence-electron chi connectivity index (χ3n) is 4.90. The number of nitrogens with one attached hydrogen (secondary N) is 1. The van der Waals surface area contributed by atoms with Crippen molar-refractivity contribution in [3.63, 3.8) is 0 Å². The maximum Gasteiger partial charge on any atom is 0.244 e. The van der Waals surface area contributed by atoms with Crippen LogP contribution in [0.3, 0.4) is 0 Å². The Labute approximate surface area is 192 Å². The van der Waals surface area contributed by atoms with Gasteiger partial charge in [-0.1, -0.05) is 46.3 Å². The highest BCUT2D eigenvalue weighted by atomic mass is 79.9. The van der Waals surface area contributed by atoms with Crippen molar-refractivity contribution in [2.24, 2.45) is 0 Å². The van der Waals surface area contributed by atoms with Crippen LogP contribution in [0.1, 0.15) is 25.0 Å². The molecular weight excluding hydrogens is 482 g/mol. The number of hydrogen-bond acceptors (Lipinski definition) is 4. The van der Waals surface area contributed by atoms with E-state index in [1.54, 1.807) is 38.1 Å². The second kappa shape index (κ2) is 10.8. The summed E-state index contributed by atoms with van der Waals surface area (Å²) in [5.41, 5.74) is 2.24. The minimum absolute atomic E-state index is 0.194. The van der Waals surface area contributed by atoms with Crippen LogP contribution in [-0.2, 0) is 26.2 Å². The Bertz CT molecular complexity index is 1040. The molecule has 1 unspecified atom stereocenters. The van der Waals surface area contributed by atoms with Crippen LogP contribution in [0, 0.1) is 6.92 Å². The van der Waals surface area contributed by atoms with Gasteiger partial charge < -0.3 is 10.2 Å². The number of rotatable bonds is 9. The van der Waals surface area contributed by atoms with E-state index in [9.17, 15) is 18.0 Å². The molecule has 0 bridgehead atoms. The molecule has 7 nitrogen and oxygen atoms in total. The molecular formula is C22H28BrN3O4S. The summed E-state index contributed by atoms with van der Waals surface area (Å²) >= 11 is 3.33. The molecule has 2 rings (SSSR count). The molecule has 0 heterocycles. The number of anilines is 1. The average molecular weight is 510 g/mol. The molecule has 9 heteroatoms. The van der Waals surface area contributed by atoms with Crippen LogP contribution in [0.2, 0.25) is 0 Å². The van der Waals surface area contributed by atoms with E-state index in [-0.39, 0.29) is 12.5 Å². The number of halogens is 1. The van der Waals surface area contributed by atoms with Crippen molar-refractivity contribution in [2.45, 2.75) is 33.4 Å². The number of carbonyl (C=O) groups is 2. The number of nitrogens with zero attached hydrogens (tertiary/aromatic N) is 2. The molecule has 168 valence electrons. The highest BCUT2D eigenvalue weighted by Gasteiger charge is 2.30. The molecule has 0 spiro atoms. The molecule has 0 aliphatic rings. The first kappa shape index (κ1) is 24.9. The zero-order chi connectivity index (χ0) is 23.2. The summed E-state index contributed by atoms with van der Waals surface area (Å²) in [4.78, 5) is 27.3. The molecule has 0 aliphatic carbocycles. The summed E-state index contributed by atoms with van der Waals surface area (Å²) in [6, 6.07) is 13.5. The number of carbonyl (C=O) groups excluding carboxylic acids is 2. The van der Waals surface area contributed by atoms with Crippen molar-refractivity contribution in [3.8, 4) is 0 Å². The lowest BCUT2D eigenvalue weighted by Crippen LogP contribution is -2.51. The molecule has 0 fully saturated rings. The third-order valence-corrected chi connectivity index (χ3v) is 6.53. The minimum Gasteiger partial charge on any atom is -0.355 e. The predicted octanol–water partition coefficient (Wildman–Crippen LogP) is 3.08. The van der Waals surface area contributed by atoms with E-state index in [1.165, 1.54) is 4.90 Å². The van der Waals surface area contributed by atoms with E-state index >= 15 is 0 Å². The zero-order valence-electron chi connectivity index (χ0n) is 18.1. The van der Waals surface area contributed by atoms with Gasteiger partial charge in [0.25, 0.3) is 0 Å². The maximum atomic E-state index is 13.4. The van der Waals surface area contributed by atoms with E-state index in [4.69, 9.17) is 0 Å². The highest BCUT2D eigenvalue weighted by molar-refractivity contribution is 9.10. The number of aryl methyl sites for hydroxylation is 1. The van der Waals surface area contributed by atoms with Crippen LogP contribution in [0.25, 0.3) is 0 Å². The van der Waals surface area contributed by atoms with Gasteiger partial charge in [0.15, 0.2) is 0 Å². The zero-order valence-corrected chi connectivity index (χ0v) is 20.5. The van der Waals surface area contributed by atoms with Crippen LogP contribution in [0.5, 0.6) is 0 Å². The minimum atomic E-state index is -3.74. The van der Waals surface area contributed by atoms with Crippen molar-refractivity contribution in [1.82, 2.24) is 10.2 Å². The molecule has 0 saturated heterocycles. The molecule has 2 aromatic carbocycles. The first-order chi connectivity index (χ1) is 14.5. The van der Waals surface area contributed by atoms with Crippen molar-refractivity contribution in [3.05, 3.63) is 64.1 Å². The Morgan fingerprint density at radius 2 is 1.81 bits per heavy atom. The normalized spacial score (nSPS) is 12.2. The van der Waals surface area contributed by atoms with Crippen molar-refractivity contribution >= 4 is 43.5 Å². The van der Waals surface area contributed by atoms with E-state index in [1.807, 2.05) is 31.2 Å². The summed E-state index contributed by atoms with van der Waals surface area (Å²) < 4.78 is 26.7. The first-order valence-corrected chi connectivity index (χ1v) is 12.5. The lowest BCUT2D eigenvalue weighted by atomic mass is 10.1. The van der Waals surface area contributed by atoms with Gasteiger partial charge in [0, 0.05) is 17.6 Å². The molecule has 0 aliphatic heterocycles. The summed E-state index contributed by atoms with van der Waals surface area (Å²) in [7, 11) is -3.74. The maximum absolute atomic E-state index is 13.4. The Kier molecular flexibility index (Phi) is 8.64. The van der Waals surface area contributed by atoms with Gasteiger partial charge in [-0.3, -0.25) is 13.9 Å². The molecule has 1 atom stereocenters. The van der Waals surface area contributed by atoms with Crippen molar-refractivity contribution < 1.29 is 18.0 Å². The fraction of sp³-hybridized carbons (Fsp3) is 0.364. The standard InChI is InChI=1S/C22H28BrN3O4S/c1-5-24-22(28)17(3)25(14-18-10-7-6-9-16(18)2)21(27)15-26(31(4,29)30)20-12-8-11-19(23)13-20/h6-13,17H,5,14-15H2,1-4H3,(H,24,28). The smallest absolute Gasteiger partial charge is 0.244 e. The fourth-order valence-electron chi connectivity index (χ4n) is 3.12. The lowest BCUT2D eigenvalue weighted by Gasteiger charge is -2.31. The van der Waals surface area contributed by atoms with Gasteiger partial charge in [0.2, 0.25) is 21.8 Å². The molecule has 0 aromatic heterocycles. The summed E-state index contributed by atoms with van der Waals surface area (Å²) in [6.45, 7) is 5.59. The van der Waals surface area contributed by atoms with Crippen molar-refractivity contribution in [1.29, 1.82) is 0 Å². The first-order valence-electron chi connectivity index (χ1n) is 9.89. The number of likely N-dealkylation sites (N-methyl/N-ethyl adjacent to an activating group) is 1. The van der Waals surface area contributed by atoms with Gasteiger partial charge >= 0.3 is 0 Å². The van der Waals surface area contributed by atoms with E-state index in [2.05, 4.69) is 21.2 Å². The van der Waals surface area contributed by atoms with Crippen LogP contribution >= 0.6 is 15.9 Å². The molecule has 0 radical (unpaired) electrons. The second-order valence-electron chi connectivity index (χ2n) is 7.27. The monoisotopic (exact) mass is 509 g/mol. The van der Waals surface area contributed by atoms with Crippen molar-refractivity contribution in [2.75, 3.05) is 23.7 Å². The van der Waals surface area contributed by atoms with Gasteiger partial charge in [0.1, 0.15) is 12.6 Å². The number of benzene rings is 2. The number of hydrogen-bond donors (Lipinski definition) is 1. The Balaban J connectivity index is 2.40. The summed E-state index contributed by atoms with van der Waals surface area (Å²) in [5, 5.41) is 2.73. The Morgan fingerprint density at radius 3 is 2.39 bits per heavy atom.